The summed E-state index contributed by atoms with van der Waals surface area (Å²) in [4.78, 5) is 27.9. The molecule has 3 heterocycles. The van der Waals surface area contributed by atoms with E-state index < -0.39 is 23.5 Å². The van der Waals surface area contributed by atoms with Crippen molar-refractivity contribution in [3.63, 3.8) is 0 Å². The van der Waals surface area contributed by atoms with Gasteiger partial charge in [0.05, 0.1) is 11.1 Å². The summed E-state index contributed by atoms with van der Waals surface area (Å²) in [5.41, 5.74) is 0.731. The maximum Gasteiger partial charge on any atom is 0.417 e. The van der Waals surface area contributed by atoms with E-state index in [-0.39, 0.29) is 23.3 Å². The second-order valence-corrected chi connectivity index (χ2v) is 8.95. The molecular formula is C26H26F4N4O. The van der Waals surface area contributed by atoms with Crippen molar-refractivity contribution in [3.8, 4) is 11.4 Å². The van der Waals surface area contributed by atoms with Crippen LogP contribution in [0.1, 0.15) is 53.4 Å². The highest BCUT2D eigenvalue weighted by Gasteiger charge is 2.35. The van der Waals surface area contributed by atoms with Gasteiger partial charge in [-0.15, -0.1) is 0 Å². The molecule has 5 nitrogen and oxygen atoms in total. The highest BCUT2D eigenvalue weighted by atomic mass is 19.4. The molecule has 1 aromatic carbocycles. The Labute approximate surface area is 201 Å². The van der Waals surface area contributed by atoms with Gasteiger partial charge in [-0.3, -0.25) is 9.78 Å². The Bertz CT molecular complexity index is 1180. The smallest absolute Gasteiger partial charge is 0.335 e. The summed E-state index contributed by atoms with van der Waals surface area (Å²) in [5, 5.41) is 0. The van der Waals surface area contributed by atoms with Gasteiger partial charge in [0.25, 0.3) is 5.91 Å². The average Bonchev–Trinajstić information content (AvgIpc) is 2.84. The van der Waals surface area contributed by atoms with E-state index >= 15 is 4.39 Å². The van der Waals surface area contributed by atoms with Gasteiger partial charge in [-0.25, -0.2) is 14.4 Å². The standard InChI is InChI=1S/C26H26F4N4O/c1-16-5-3-14-34(21(16)11-9-19-8-7-18(15-33-19)26(28,29)30)25(35)23-20(27)10-6-17(2)22(23)24-31-12-4-13-32-24/h4,6-8,10,12-13,15-16,21H,3,5,9,11,14H2,1-2H3/t16-,21-/m1/s1. The average molecular weight is 487 g/mol. The minimum Gasteiger partial charge on any atom is -0.335 e. The number of carbonyl (C=O) groups excluding carboxylic acids is 1. The molecule has 2 atom stereocenters. The Morgan fingerprint density at radius 2 is 1.86 bits per heavy atom. The number of halogens is 4. The van der Waals surface area contributed by atoms with Gasteiger partial charge < -0.3 is 4.90 Å². The third kappa shape index (κ3) is 5.33. The first-order valence-corrected chi connectivity index (χ1v) is 11.6. The number of rotatable bonds is 5. The predicted octanol–water partition coefficient (Wildman–Crippen LogP) is 5.88. The SMILES string of the molecule is Cc1ccc(F)c(C(=O)N2CCC[C@@H](C)[C@H]2CCc2ccc(C(F)(F)F)cn2)c1-c1ncccn1. The molecule has 1 fully saturated rings. The Hall–Kier alpha value is -3.36. The van der Waals surface area contributed by atoms with Gasteiger partial charge >= 0.3 is 6.18 Å². The zero-order valence-electron chi connectivity index (χ0n) is 19.5. The number of pyridine rings is 1. The number of aryl methyl sites for hydroxylation is 2. The maximum absolute atomic E-state index is 15.1. The normalized spacial score (nSPS) is 18.5. The van der Waals surface area contributed by atoms with E-state index in [1.807, 2.05) is 6.92 Å². The zero-order valence-corrected chi connectivity index (χ0v) is 19.5. The first kappa shape index (κ1) is 24.8. The number of piperidine rings is 1. The van der Waals surface area contributed by atoms with Crippen LogP contribution in [0.2, 0.25) is 0 Å². The van der Waals surface area contributed by atoms with E-state index in [0.717, 1.165) is 25.1 Å². The van der Waals surface area contributed by atoms with Crippen molar-refractivity contribution in [2.45, 2.75) is 51.7 Å². The van der Waals surface area contributed by atoms with Crippen LogP contribution < -0.4 is 0 Å². The number of likely N-dealkylation sites (tertiary alicyclic amines) is 1. The first-order chi connectivity index (χ1) is 16.7. The molecule has 0 unspecified atom stereocenters. The fraction of sp³-hybridized carbons (Fsp3) is 0.385. The fourth-order valence-electron chi connectivity index (χ4n) is 4.73. The minimum absolute atomic E-state index is 0.0528. The topological polar surface area (TPSA) is 59.0 Å². The van der Waals surface area contributed by atoms with Crippen molar-refractivity contribution >= 4 is 5.91 Å². The Balaban J connectivity index is 1.61. The van der Waals surface area contributed by atoms with Crippen LogP contribution in [0.4, 0.5) is 17.6 Å². The molecule has 35 heavy (non-hydrogen) atoms. The zero-order chi connectivity index (χ0) is 25.2. The van der Waals surface area contributed by atoms with Crippen LogP contribution in [0.25, 0.3) is 11.4 Å². The molecule has 184 valence electrons. The largest absolute Gasteiger partial charge is 0.417 e. The lowest BCUT2D eigenvalue weighted by atomic mass is 9.86. The van der Waals surface area contributed by atoms with Crippen LogP contribution in [0.5, 0.6) is 0 Å². The van der Waals surface area contributed by atoms with E-state index in [2.05, 4.69) is 15.0 Å². The molecule has 0 N–H and O–H groups in total. The number of carbonyl (C=O) groups is 1. The molecule has 0 saturated carbocycles. The van der Waals surface area contributed by atoms with Crippen LogP contribution >= 0.6 is 0 Å². The number of amides is 1. The van der Waals surface area contributed by atoms with Gasteiger partial charge in [-0.1, -0.05) is 13.0 Å². The van der Waals surface area contributed by atoms with Crippen LogP contribution in [0.15, 0.2) is 48.9 Å². The molecule has 4 rings (SSSR count). The third-order valence-corrected chi connectivity index (χ3v) is 6.59. The molecule has 0 radical (unpaired) electrons. The van der Waals surface area contributed by atoms with Gasteiger partial charge in [0.2, 0.25) is 0 Å². The number of nitrogens with zero attached hydrogens (tertiary/aromatic N) is 4. The summed E-state index contributed by atoms with van der Waals surface area (Å²) in [6.45, 7) is 4.29. The number of hydrogen-bond donors (Lipinski definition) is 0. The van der Waals surface area contributed by atoms with Crippen LogP contribution in [-0.2, 0) is 12.6 Å². The number of aromatic nitrogens is 3. The number of alkyl halides is 3. The first-order valence-electron chi connectivity index (χ1n) is 11.6. The van der Waals surface area contributed by atoms with E-state index in [9.17, 15) is 18.0 Å². The summed E-state index contributed by atoms with van der Waals surface area (Å²) >= 11 is 0. The Kier molecular flexibility index (Phi) is 7.14. The van der Waals surface area contributed by atoms with Crippen molar-refractivity contribution < 1.29 is 22.4 Å². The van der Waals surface area contributed by atoms with Crippen LogP contribution in [-0.4, -0.2) is 38.3 Å². The van der Waals surface area contributed by atoms with E-state index in [1.54, 1.807) is 36.4 Å². The van der Waals surface area contributed by atoms with Gasteiger partial charge in [0, 0.05) is 42.4 Å². The van der Waals surface area contributed by atoms with Gasteiger partial charge in [0.15, 0.2) is 5.82 Å². The van der Waals surface area contributed by atoms with Gasteiger partial charge in [-0.05, 0) is 68.4 Å². The summed E-state index contributed by atoms with van der Waals surface area (Å²) in [6.07, 6.45) is 2.08. The van der Waals surface area contributed by atoms with Crippen LogP contribution in [0.3, 0.4) is 0 Å². The lowest BCUT2D eigenvalue weighted by Crippen LogP contribution is -2.48. The molecule has 3 aromatic rings. The van der Waals surface area contributed by atoms with Gasteiger partial charge in [-0.2, -0.15) is 13.2 Å². The summed E-state index contributed by atoms with van der Waals surface area (Å²) in [7, 11) is 0. The molecule has 0 spiro atoms. The molecule has 2 aromatic heterocycles. The van der Waals surface area contributed by atoms with E-state index in [4.69, 9.17) is 0 Å². The Morgan fingerprint density at radius 3 is 2.51 bits per heavy atom. The lowest BCUT2D eigenvalue weighted by molar-refractivity contribution is -0.137. The molecule has 1 amide bonds. The minimum atomic E-state index is -4.44. The third-order valence-electron chi connectivity index (χ3n) is 6.59. The number of benzene rings is 1. The molecular weight excluding hydrogens is 460 g/mol. The predicted molar refractivity (Wildman–Crippen MR) is 123 cm³/mol. The van der Waals surface area contributed by atoms with Crippen molar-refractivity contribution in [3.05, 3.63) is 77.1 Å². The van der Waals surface area contributed by atoms with Gasteiger partial charge in [0.1, 0.15) is 5.82 Å². The van der Waals surface area contributed by atoms with Crippen LogP contribution in [0, 0.1) is 18.7 Å². The van der Waals surface area contributed by atoms with Crippen molar-refractivity contribution in [2.24, 2.45) is 5.92 Å². The van der Waals surface area contributed by atoms with Crippen molar-refractivity contribution in [2.75, 3.05) is 6.54 Å². The summed E-state index contributed by atoms with van der Waals surface area (Å²) in [6, 6.07) is 6.72. The van der Waals surface area contributed by atoms with E-state index in [1.165, 1.54) is 12.1 Å². The highest BCUT2D eigenvalue weighted by Crippen LogP contribution is 2.33. The monoisotopic (exact) mass is 486 g/mol. The lowest BCUT2D eigenvalue weighted by Gasteiger charge is -2.40. The second kappa shape index (κ2) is 10.1. The molecule has 1 aliphatic heterocycles. The second-order valence-electron chi connectivity index (χ2n) is 8.95. The molecule has 0 aliphatic carbocycles. The number of hydrogen-bond acceptors (Lipinski definition) is 4. The fourth-order valence-corrected chi connectivity index (χ4v) is 4.73. The molecule has 1 aliphatic rings. The summed E-state index contributed by atoms with van der Waals surface area (Å²) < 4.78 is 53.6. The quantitative estimate of drug-likeness (QED) is 0.423. The van der Waals surface area contributed by atoms with Crippen molar-refractivity contribution in [1.82, 2.24) is 19.9 Å². The molecule has 9 heteroatoms. The molecule has 1 saturated heterocycles. The molecule has 0 bridgehead atoms. The summed E-state index contributed by atoms with van der Waals surface area (Å²) in [5.74, 6) is -0.634. The maximum atomic E-state index is 15.1. The van der Waals surface area contributed by atoms with Crippen molar-refractivity contribution in [1.29, 1.82) is 0 Å². The van der Waals surface area contributed by atoms with E-state index in [0.29, 0.717) is 36.2 Å². The Morgan fingerprint density at radius 1 is 1.11 bits per heavy atom. The highest BCUT2D eigenvalue weighted by molar-refractivity contribution is 6.01.